The fraction of sp³-hybridized carbons (Fsp3) is 0.429. The molecule has 19 heavy (non-hydrogen) atoms. The molecule has 0 aliphatic heterocycles. The molecule has 0 radical (unpaired) electrons. The van der Waals surface area contributed by atoms with Crippen LogP contribution in [0.4, 0.5) is 5.69 Å². The first kappa shape index (κ1) is 15.0. The lowest BCUT2D eigenvalue weighted by molar-refractivity contribution is -0.137. The van der Waals surface area contributed by atoms with E-state index in [1.807, 2.05) is 13.0 Å². The molecule has 2 N–H and O–H groups in total. The van der Waals surface area contributed by atoms with Crippen LogP contribution in [-0.4, -0.2) is 29.7 Å². The highest BCUT2D eigenvalue weighted by Crippen LogP contribution is 2.14. The Bertz CT molecular complexity index is 445. The normalized spacial score (nSPS) is 11.7. The molecule has 0 saturated heterocycles. The molecule has 0 bridgehead atoms. The highest BCUT2D eigenvalue weighted by Gasteiger charge is 2.09. The first-order valence-electron chi connectivity index (χ1n) is 6.28. The Kier molecular flexibility index (Phi) is 5.85. The number of carbonyl (C=O) groups excluding carboxylic acids is 1. The van der Waals surface area contributed by atoms with Crippen molar-refractivity contribution in [3.8, 4) is 0 Å². The van der Waals surface area contributed by atoms with E-state index in [-0.39, 0.29) is 18.4 Å². The van der Waals surface area contributed by atoms with Gasteiger partial charge in [-0.2, -0.15) is 0 Å². The molecule has 0 saturated carbocycles. The van der Waals surface area contributed by atoms with Crippen molar-refractivity contribution in [2.45, 2.75) is 32.7 Å². The van der Waals surface area contributed by atoms with Gasteiger partial charge in [-0.25, -0.2) is 4.79 Å². The Labute approximate surface area is 112 Å². The number of carboxylic acids is 1. The van der Waals surface area contributed by atoms with Crippen LogP contribution in [0, 0.1) is 0 Å². The van der Waals surface area contributed by atoms with E-state index in [2.05, 4.69) is 5.32 Å². The zero-order valence-electron chi connectivity index (χ0n) is 11.2. The van der Waals surface area contributed by atoms with Crippen LogP contribution in [0.25, 0.3) is 0 Å². The van der Waals surface area contributed by atoms with E-state index in [1.54, 1.807) is 25.1 Å². The van der Waals surface area contributed by atoms with Crippen molar-refractivity contribution < 1.29 is 19.4 Å². The summed E-state index contributed by atoms with van der Waals surface area (Å²) in [5.41, 5.74) is 1.26. The van der Waals surface area contributed by atoms with Gasteiger partial charge in [-0.05, 0) is 38.5 Å². The van der Waals surface area contributed by atoms with Crippen molar-refractivity contribution >= 4 is 17.6 Å². The Balaban J connectivity index is 2.61. The number of hydrogen-bond acceptors (Lipinski definition) is 4. The van der Waals surface area contributed by atoms with Crippen LogP contribution in [0.3, 0.4) is 0 Å². The highest BCUT2D eigenvalue weighted by atomic mass is 16.5. The van der Waals surface area contributed by atoms with E-state index in [0.29, 0.717) is 18.6 Å². The number of carboxylic acid groups (broad SMARTS) is 1. The molecule has 0 fully saturated rings. The summed E-state index contributed by atoms with van der Waals surface area (Å²) in [5.74, 6) is -1.17. The number of anilines is 1. The molecule has 0 aromatic heterocycles. The molecule has 0 spiro atoms. The summed E-state index contributed by atoms with van der Waals surface area (Å²) in [6.45, 7) is 4.00. The second-order valence-corrected chi connectivity index (χ2v) is 4.28. The lowest BCUT2D eigenvalue weighted by atomic mass is 10.1. The van der Waals surface area contributed by atoms with Crippen LogP contribution >= 0.6 is 0 Å². The van der Waals surface area contributed by atoms with Crippen LogP contribution < -0.4 is 5.32 Å². The Morgan fingerprint density at radius 1 is 1.42 bits per heavy atom. The van der Waals surface area contributed by atoms with Crippen LogP contribution in [0.2, 0.25) is 0 Å². The maximum atomic E-state index is 11.6. The van der Waals surface area contributed by atoms with Gasteiger partial charge in [-0.15, -0.1) is 0 Å². The number of aliphatic carboxylic acids is 1. The maximum Gasteiger partial charge on any atom is 0.338 e. The van der Waals surface area contributed by atoms with Crippen molar-refractivity contribution in [3.63, 3.8) is 0 Å². The van der Waals surface area contributed by atoms with Crippen molar-refractivity contribution in [1.29, 1.82) is 0 Å². The zero-order chi connectivity index (χ0) is 14.3. The van der Waals surface area contributed by atoms with Crippen molar-refractivity contribution in [2.24, 2.45) is 0 Å². The molecular formula is C14H19NO4. The standard InChI is InChI=1S/C14H19NO4/c1-3-19-14(18)11-5-4-6-12(9-11)15-10(2)7-8-13(16)17/h4-6,9-10,15H,3,7-8H2,1-2H3,(H,16,17). The first-order valence-corrected chi connectivity index (χ1v) is 6.28. The van der Waals surface area contributed by atoms with E-state index in [1.165, 1.54) is 0 Å². The maximum absolute atomic E-state index is 11.6. The van der Waals surface area contributed by atoms with E-state index >= 15 is 0 Å². The van der Waals surface area contributed by atoms with Crippen LogP contribution in [0.5, 0.6) is 0 Å². The van der Waals surface area contributed by atoms with Gasteiger partial charge in [0, 0.05) is 18.2 Å². The summed E-state index contributed by atoms with van der Waals surface area (Å²) >= 11 is 0. The average molecular weight is 265 g/mol. The van der Waals surface area contributed by atoms with Gasteiger partial charge in [-0.1, -0.05) is 6.07 Å². The van der Waals surface area contributed by atoms with Gasteiger partial charge < -0.3 is 15.2 Å². The fourth-order valence-corrected chi connectivity index (χ4v) is 1.65. The minimum atomic E-state index is -0.811. The summed E-state index contributed by atoms with van der Waals surface area (Å²) in [6, 6.07) is 7.01. The van der Waals surface area contributed by atoms with Crippen LogP contribution in [0.1, 0.15) is 37.0 Å². The molecule has 1 atom stereocenters. The largest absolute Gasteiger partial charge is 0.481 e. The van der Waals surface area contributed by atoms with Gasteiger partial charge in [0.15, 0.2) is 0 Å². The molecule has 1 rings (SSSR count). The number of benzene rings is 1. The molecule has 5 nitrogen and oxygen atoms in total. The minimum Gasteiger partial charge on any atom is -0.481 e. The van der Waals surface area contributed by atoms with Gasteiger partial charge >= 0.3 is 11.9 Å². The van der Waals surface area contributed by atoms with E-state index in [9.17, 15) is 9.59 Å². The third-order valence-corrected chi connectivity index (χ3v) is 2.58. The fourth-order valence-electron chi connectivity index (χ4n) is 1.65. The summed E-state index contributed by atoms with van der Waals surface area (Å²) in [7, 11) is 0. The molecule has 0 amide bonds. The number of ether oxygens (including phenoxy) is 1. The Hall–Kier alpha value is -2.04. The number of hydrogen-bond donors (Lipinski definition) is 2. The minimum absolute atomic E-state index is 0.0218. The molecule has 104 valence electrons. The average Bonchev–Trinajstić information content (AvgIpc) is 2.37. The first-order chi connectivity index (χ1) is 9.02. The zero-order valence-corrected chi connectivity index (χ0v) is 11.2. The van der Waals surface area contributed by atoms with Crippen molar-refractivity contribution in [2.75, 3.05) is 11.9 Å². The summed E-state index contributed by atoms with van der Waals surface area (Å²) in [6.07, 6.45) is 0.644. The molecule has 1 unspecified atom stereocenters. The number of nitrogens with one attached hydrogen (secondary N) is 1. The molecule has 1 aromatic carbocycles. The Morgan fingerprint density at radius 2 is 2.16 bits per heavy atom. The second kappa shape index (κ2) is 7.41. The van der Waals surface area contributed by atoms with Crippen molar-refractivity contribution in [3.05, 3.63) is 29.8 Å². The highest BCUT2D eigenvalue weighted by molar-refractivity contribution is 5.90. The summed E-state index contributed by atoms with van der Waals surface area (Å²) in [4.78, 5) is 22.1. The lowest BCUT2D eigenvalue weighted by Crippen LogP contribution is -2.17. The number of rotatable bonds is 7. The third-order valence-electron chi connectivity index (χ3n) is 2.58. The molecule has 1 aromatic rings. The number of carbonyl (C=O) groups is 2. The SMILES string of the molecule is CCOC(=O)c1cccc(NC(C)CCC(=O)O)c1. The van der Waals surface area contributed by atoms with Gasteiger partial charge in [0.1, 0.15) is 0 Å². The van der Waals surface area contributed by atoms with E-state index in [4.69, 9.17) is 9.84 Å². The van der Waals surface area contributed by atoms with Crippen molar-refractivity contribution in [1.82, 2.24) is 0 Å². The second-order valence-electron chi connectivity index (χ2n) is 4.28. The van der Waals surface area contributed by atoms with Crippen LogP contribution in [-0.2, 0) is 9.53 Å². The molecular weight excluding hydrogens is 246 g/mol. The van der Waals surface area contributed by atoms with Gasteiger partial charge in [-0.3, -0.25) is 4.79 Å². The molecule has 0 heterocycles. The monoisotopic (exact) mass is 265 g/mol. The topological polar surface area (TPSA) is 75.6 Å². The van der Waals surface area contributed by atoms with E-state index in [0.717, 1.165) is 5.69 Å². The predicted molar refractivity (Wildman–Crippen MR) is 72.4 cm³/mol. The molecule has 5 heteroatoms. The van der Waals surface area contributed by atoms with Gasteiger partial charge in [0.05, 0.1) is 12.2 Å². The number of esters is 1. The smallest absolute Gasteiger partial charge is 0.338 e. The quantitative estimate of drug-likeness (QED) is 0.741. The third kappa shape index (κ3) is 5.42. The Morgan fingerprint density at radius 3 is 2.79 bits per heavy atom. The predicted octanol–water partition coefficient (Wildman–Crippen LogP) is 2.53. The summed E-state index contributed by atoms with van der Waals surface area (Å²) in [5, 5.41) is 11.8. The van der Waals surface area contributed by atoms with E-state index < -0.39 is 5.97 Å². The molecule has 0 aliphatic rings. The molecule has 0 aliphatic carbocycles. The van der Waals surface area contributed by atoms with Crippen LogP contribution in [0.15, 0.2) is 24.3 Å². The van der Waals surface area contributed by atoms with Gasteiger partial charge in [0.2, 0.25) is 0 Å². The lowest BCUT2D eigenvalue weighted by Gasteiger charge is -2.14. The van der Waals surface area contributed by atoms with Gasteiger partial charge in [0.25, 0.3) is 0 Å². The summed E-state index contributed by atoms with van der Waals surface area (Å²) < 4.78 is 4.92.